The van der Waals surface area contributed by atoms with Crippen LogP contribution in [0.5, 0.6) is 0 Å². The zero-order valence-electron chi connectivity index (χ0n) is 17.8. The Morgan fingerprint density at radius 3 is 2.29 bits per heavy atom. The quantitative estimate of drug-likeness (QED) is 0.706. The van der Waals surface area contributed by atoms with Crippen LogP contribution in [-0.2, 0) is 16.0 Å². The number of carboxylic acid groups (broad SMARTS) is 1. The van der Waals surface area contributed by atoms with Crippen molar-refractivity contribution in [2.45, 2.75) is 51.8 Å². The lowest BCUT2D eigenvalue weighted by atomic mass is 9.90. The minimum atomic E-state index is -5.08. The van der Waals surface area contributed by atoms with E-state index >= 15 is 0 Å². The SMILES string of the molecule is CC(C)(C)OC(=O)N1CCC(Cc2ccc3cnccc3c2)CC1.O=C(O)C(F)(F)F. The Balaban J connectivity index is 0.000000423. The van der Waals surface area contributed by atoms with Crippen LogP contribution in [0.2, 0.25) is 0 Å². The summed E-state index contributed by atoms with van der Waals surface area (Å²) in [5.41, 5.74) is 0.942. The number of aromatic nitrogens is 1. The summed E-state index contributed by atoms with van der Waals surface area (Å²) < 4.78 is 37.2. The number of fused-ring (bicyclic) bond motifs is 1. The van der Waals surface area contributed by atoms with E-state index in [1.165, 1.54) is 16.3 Å². The number of ether oxygens (including phenoxy) is 1. The van der Waals surface area contributed by atoms with Gasteiger partial charge in [-0.25, -0.2) is 9.59 Å². The molecule has 6 nitrogen and oxygen atoms in total. The smallest absolute Gasteiger partial charge is 0.475 e. The fourth-order valence-corrected chi connectivity index (χ4v) is 3.24. The molecule has 1 aliphatic rings. The molecule has 2 heterocycles. The Labute approximate surface area is 179 Å². The summed E-state index contributed by atoms with van der Waals surface area (Å²) in [6, 6.07) is 8.67. The van der Waals surface area contributed by atoms with Crippen LogP contribution < -0.4 is 0 Å². The van der Waals surface area contributed by atoms with Crippen molar-refractivity contribution in [3.8, 4) is 0 Å². The summed E-state index contributed by atoms with van der Waals surface area (Å²) in [5, 5.41) is 9.55. The Kier molecular flexibility index (Phi) is 7.86. The van der Waals surface area contributed by atoms with E-state index in [9.17, 15) is 18.0 Å². The van der Waals surface area contributed by atoms with Crippen LogP contribution in [0.4, 0.5) is 18.0 Å². The molecular weight excluding hydrogens is 413 g/mol. The van der Waals surface area contributed by atoms with E-state index in [-0.39, 0.29) is 6.09 Å². The van der Waals surface area contributed by atoms with Crippen molar-refractivity contribution in [1.82, 2.24) is 9.88 Å². The molecule has 31 heavy (non-hydrogen) atoms. The largest absolute Gasteiger partial charge is 0.490 e. The minimum Gasteiger partial charge on any atom is -0.475 e. The molecule has 1 fully saturated rings. The summed E-state index contributed by atoms with van der Waals surface area (Å²) in [6.07, 6.45) is 1.62. The first kappa shape index (κ1) is 24.4. The van der Waals surface area contributed by atoms with Gasteiger partial charge in [0, 0.05) is 30.9 Å². The van der Waals surface area contributed by atoms with E-state index in [0.717, 1.165) is 32.4 Å². The van der Waals surface area contributed by atoms with Gasteiger partial charge in [-0.15, -0.1) is 0 Å². The second-order valence-corrected chi connectivity index (χ2v) is 8.47. The molecule has 0 atom stereocenters. The average molecular weight is 440 g/mol. The third-order valence-corrected chi connectivity index (χ3v) is 4.74. The number of nitrogens with zero attached hydrogens (tertiary/aromatic N) is 2. The molecule has 1 amide bonds. The van der Waals surface area contributed by atoms with Gasteiger partial charge in [-0.2, -0.15) is 13.2 Å². The van der Waals surface area contributed by atoms with Gasteiger partial charge in [0.2, 0.25) is 0 Å². The van der Waals surface area contributed by atoms with Crippen LogP contribution >= 0.6 is 0 Å². The molecule has 0 bridgehead atoms. The average Bonchev–Trinajstić information content (AvgIpc) is 2.67. The molecule has 1 aliphatic heterocycles. The van der Waals surface area contributed by atoms with Crippen molar-refractivity contribution in [2.75, 3.05) is 13.1 Å². The molecule has 0 unspecified atom stereocenters. The number of carboxylic acids is 1. The maximum Gasteiger partial charge on any atom is 0.490 e. The highest BCUT2D eigenvalue weighted by atomic mass is 19.4. The topological polar surface area (TPSA) is 79.7 Å². The van der Waals surface area contributed by atoms with E-state index in [4.69, 9.17) is 14.6 Å². The number of halogens is 3. The van der Waals surface area contributed by atoms with Crippen LogP contribution in [0, 0.1) is 5.92 Å². The van der Waals surface area contributed by atoms with Crippen LogP contribution in [0.1, 0.15) is 39.2 Å². The van der Waals surface area contributed by atoms with Gasteiger partial charge in [0.25, 0.3) is 0 Å². The van der Waals surface area contributed by atoms with Crippen molar-refractivity contribution >= 4 is 22.8 Å². The standard InChI is InChI=1S/C20H26N2O2.C2HF3O2/c1-20(2,3)24-19(23)22-10-7-15(8-11-22)12-16-4-5-18-14-21-9-6-17(18)13-16;3-2(4,5)1(6)7/h4-6,9,13-15H,7-8,10-12H2,1-3H3;(H,6,7). The number of pyridine rings is 1. The van der Waals surface area contributed by atoms with Gasteiger partial charge < -0.3 is 14.7 Å². The number of piperidine rings is 1. The molecule has 9 heteroatoms. The first-order chi connectivity index (χ1) is 14.3. The number of rotatable bonds is 2. The maximum atomic E-state index is 12.1. The normalized spacial score (nSPS) is 15.2. The summed E-state index contributed by atoms with van der Waals surface area (Å²) in [4.78, 5) is 27.0. The highest BCUT2D eigenvalue weighted by Gasteiger charge is 2.38. The number of alkyl halides is 3. The summed E-state index contributed by atoms with van der Waals surface area (Å²) in [6.45, 7) is 7.31. The van der Waals surface area contributed by atoms with Gasteiger partial charge in [0.15, 0.2) is 0 Å². The Morgan fingerprint density at radius 2 is 1.74 bits per heavy atom. The Bertz CT molecular complexity index is 901. The van der Waals surface area contributed by atoms with Crippen LogP contribution in [0.15, 0.2) is 36.7 Å². The molecule has 0 radical (unpaired) electrons. The van der Waals surface area contributed by atoms with E-state index in [1.807, 2.05) is 38.1 Å². The van der Waals surface area contributed by atoms with Gasteiger partial charge in [-0.3, -0.25) is 4.98 Å². The van der Waals surface area contributed by atoms with Gasteiger partial charge in [-0.05, 0) is 63.0 Å². The van der Waals surface area contributed by atoms with Crippen molar-refractivity contribution < 1.29 is 32.6 Å². The predicted octanol–water partition coefficient (Wildman–Crippen LogP) is 5.06. The van der Waals surface area contributed by atoms with Gasteiger partial charge >= 0.3 is 18.2 Å². The summed E-state index contributed by atoms with van der Waals surface area (Å²) in [5.74, 6) is -2.13. The molecule has 0 aliphatic carbocycles. The Morgan fingerprint density at radius 1 is 1.13 bits per heavy atom. The molecule has 0 spiro atoms. The molecule has 1 aromatic carbocycles. The van der Waals surface area contributed by atoms with Crippen LogP contribution in [-0.4, -0.2) is 51.9 Å². The number of hydrogen-bond acceptors (Lipinski definition) is 4. The lowest BCUT2D eigenvalue weighted by Crippen LogP contribution is -2.42. The zero-order valence-corrected chi connectivity index (χ0v) is 17.8. The zero-order chi connectivity index (χ0) is 23.2. The molecule has 0 saturated carbocycles. The van der Waals surface area contributed by atoms with E-state index in [0.29, 0.717) is 5.92 Å². The molecule has 2 aromatic rings. The fourth-order valence-electron chi connectivity index (χ4n) is 3.24. The van der Waals surface area contributed by atoms with Crippen LogP contribution in [0.3, 0.4) is 0 Å². The molecular formula is C22H27F3N2O4. The number of aliphatic carboxylic acids is 1. The number of benzene rings is 1. The highest BCUT2D eigenvalue weighted by molar-refractivity contribution is 5.82. The van der Waals surface area contributed by atoms with E-state index in [2.05, 4.69) is 29.2 Å². The summed E-state index contributed by atoms with van der Waals surface area (Å²) >= 11 is 0. The second-order valence-electron chi connectivity index (χ2n) is 8.47. The van der Waals surface area contributed by atoms with Crippen molar-refractivity contribution in [1.29, 1.82) is 0 Å². The van der Waals surface area contributed by atoms with Gasteiger partial charge in [0.1, 0.15) is 5.60 Å². The monoisotopic (exact) mass is 440 g/mol. The van der Waals surface area contributed by atoms with Crippen molar-refractivity contribution in [3.63, 3.8) is 0 Å². The maximum absolute atomic E-state index is 12.1. The third-order valence-electron chi connectivity index (χ3n) is 4.74. The first-order valence-corrected chi connectivity index (χ1v) is 9.96. The molecule has 1 saturated heterocycles. The third kappa shape index (κ3) is 8.07. The molecule has 170 valence electrons. The number of likely N-dealkylation sites (tertiary alicyclic amines) is 1. The van der Waals surface area contributed by atoms with Crippen LogP contribution in [0.25, 0.3) is 10.8 Å². The molecule has 1 aromatic heterocycles. The Hall–Kier alpha value is -2.84. The highest BCUT2D eigenvalue weighted by Crippen LogP contribution is 2.24. The first-order valence-electron chi connectivity index (χ1n) is 9.96. The second kappa shape index (κ2) is 9.98. The number of carbonyl (C=O) groups is 2. The number of carbonyl (C=O) groups excluding carboxylic acids is 1. The molecule has 3 rings (SSSR count). The van der Waals surface area contributed by atoms with Crippen molar-refractivity contribution in [2.24, 2.45) is 5.92 Å². The predicted molar refractivity (Wildman–Crippen MR) is 110 cm³/mol. The number of hydrogen-bond donors (Lipinski definition) is 1. The van der Waals surface area contributed by atoms with Gasteiger partial charge in [-0.1, -0.05) is 18.2 Å². The number of amides is 1. The molecule has 1 N–H and O–H groups in total. The lowest BCUT2D eigenvalue weighted by molar-refractivity contribution is -0.192. The summed E-state index contributed by atoms with van der Waals surface area (Å²) in [7, 11) is 0. The van der Waals surface area contributed by atoms with Gasteiger partial charge in [0.05, 0.1) is 0 Å². The van der Waals surface area contributed by atoms with E-state index < -0.39 is 17.7 Å². The van der Waals surface area contributed by atoms with E-state index in [1.54, 1.807) is 0 Å². The lowest BCUT2D eigenvalue weighted by Gasteiger charge is -2.33. The minimum absolute atomic E-state index is 0.181. The fraction of sp³-hybridized carbons (Fsp3) is 0.500. The van der Waals surface area contributed by atoms with Crippen molar-refractivity contribution in [3.05, 3.63) is 42.2 Å².